The van der Waals surface area contributed by atoms with Gasteiger partial charge in [0.25, 0.3) is 5.91 Å². The van der Waals surface area contributed by atoms with Crippen LogP contribution in [0.1, 0.15) is 28.6 Å². The van der Waals surface area contributed by atoms with Crippen molar-refractivity contribution in [3.05, 3.63) is 95.9 Å². The number of carbonyl (C=O) groups excluding carboxylic acids is 2. The molecule has 0 aliphatic rings. The Hall–Kier alpha value is -3.95. The average Bonchev–Trinajstić information content (AvgIpc) is 3.37. The molecule has 4 aromatic rings. The van der Waals surface area contributed by atoms with Crippen molar-refractivity contribution in [1.82, 2.24) is 4.72 Å². The van der Waals surface area contributed by atoms with Gasteiger partial charge in [-0.05, 0) is 55.1 Å². The molecular weight excluding hydrogens is 468 g/mol. The molecule has 1 unspecified atom stereocenters. The van der Waals surface area contributed by atoms with Gasteiger partial charge in [0.2, 0.25) is 10.0 Å². The Morgan fingerprint density at radius 3 is 2.54 bits per heavy atom. The van der Waals surface area contributed by atoms with Gasteiger partial charge in [-0.1, -0.05) is 42.5 Å². The molecule has 4 rings (SSSR count). The maximum absolute atomic E-state index is 12.8. The van der Waals surface area contributed by atoms with E-state index >= 15 is 0 Å². The predicted molar refractivity (Wildman–Crippen MR) is 131 cm³/mol. The summed E-state index contributed by atoms with van der Waals surface area (Å²) in [5.74, 6) is -0.853. The molecule has 0 saturated heterocycles. The molecule has 0 spiro atoms. The van der Waals surface area contributed by atoms with Crippen molar-refractivity contribution in [3.8, 4) is 0 Å². The van der Waals surface area contributed by atoms with Crippen LogP contribution in [0.4, 0.5) is 5.69 Å². The summed E-state index contributed by atoms with van der Waals surface area (Å²) in [7, 11) is -3.91. The molecule has 1 aromatic heterocycles. The summed E-state index contributed by atoms with van der Waals surface area (Å²) in [6, 6.07) is 20.6. The number of sulfonamides is 1. The summed E-state index contributed by atoms with van der Waals surface area (Å²) in [5, 5.41) is 4.61. The first-order chi connectivity index (χ1) is 16.7. The molecular formula is C26H24N2O6S. The Balaban J connectivity index is 1.46. The van der Waals surface area contributed by atoms with Crippen molar-refractivity contribution >= 4 is 38.4 Å². The van der Waals surface area contributed by atoms with E-state index < -0.39 is 28.0 Å². The van der Waals surface area contributed by atoms with Crippen LogP contribution in [0.25, 0.3) is 10.8 Å². The van der Waals surface area contributed by atoms with Gasteiger partial charge < -0.3 is 14.5 Å². The Morgan fingerprint density at radius 2 is 1.77 bits per heavy atom. The smallest absolute Gasteiger partial charge is 0.339 e. The lowest BCUT2D eigenvalue weighted by Crippen LogP contribution is -2.30. The maximum atomic E-state index is 12.8. The minimum absolute atomic E-state index is 0.0334. The predicted octanol–water partition coefficient (Wildman–Crippen LogP) is 4.40. The highest BCUT2D eigenvalue weighted by Crippen LogP contribution is 2.23. The van der Waals surface area contributed by atoms with Crippen molar-refractivity contribution in [3.63, 3.8) is 0 Å². The molecule has 0 bridgehead atoms. The van der Waals surface area contributed by atoms with Gasteiger partial charge in [0.1, 0.15) is 5.76 Å². The van der Waals surface area contributed by atoms with Gasteiger partial charge in [-0.15, -0.1) is 0 Å². The second-order valence-electron chi connectivity index (χ2n) is 7.94. The van der Waals surface area contributed by atoms with Crippen molar-refractivity contribution < 1.29 is 27.2 Å². The molecule has 3 aromatic carbocycles. The van der Waals surface area contributed by atoms with Crippen molar-refractivity contribution in [2.45, 2.75) is 31.4 Å². The molecule has 0 fully saturated rings. The van der Waals surface area contributed by atoms with Crippen molar-refractivity contribution in [2.75, 3.05) is 5.32 Å². The van der Waals surface area contributed by atoms with Gasteiger partial charge in [0.05, 0.1) is 23.3 Å². The number of hydrogen-bond acceptors (Lipinski definition) is 6. The van der Waals surface area contributed by atoms with E-state index in [1.54, 1.807) is 25.1 Å². The summed E-state index contributed by atoms with van der Waals surface area (Å²) in [4.78, 5) is 25.5. The summed E-state index contributed by atoms with van der Waals surface area (Å²) >= 11 is 0. The zero-order valence-corrected chi connectivity index (χ0v) is 20.0. The van der Waals surface area contributed by atoms with E-state index in [0.717, 1.165) is 10.8 Å². The van der Waals surface area contributed by atoms with Crippen LogP contribution in [0.2, 0.25) is 0 Å². The number of benzene rings is 3. The highest BCUT2D eigenvalue weighted by Gasteiger charge is 2.23. The number of aryl methyl sites for hydroxylation is 1. The Kier molecular flexibility index (Phi) is 6.99. The Labute approximate surface area is 203 Å². The third-order valence-electron chi connectivity index (χ3n) is 5.46. The van der Waals surface area contributed by atoms with E-state index in [0.29, 0.717) is 17.0 Å². The van der Waals surface area contributed by atoms with E-state index in [1.807, 2.05) is 36.4 Å². The van der Waals surface area contributed by atoms with Crippen LogP contribution < -0.4 is 10.0 Å². The number of amides is 1. The van der Waals surface area contributed by atoms with E-state index in [1.165, 1.54) is 31.4 Å². The first kappa shape index (κ1) is 24.2. The molecule has 35 heavy (non-hydrogen) atoms. The molecule has 0 saturated carbocycles. The second kappa shape index (κ2) is 10.1. The average molecular weight is 493 g/mol. The number of anilines is 1. The summed E-state index contributed by atoms with van der Waals surface area (Å²) in [6.45, 7) is 3.08. The third-order valence-corrected chi connectivity index (χ3v) is 6.86. The number of fused-ring (bicyclic) bond motifs is 1. The highest BCUT2D eigenvalue weighted by molar-refractivity contribution is 7.89. The van der Waals surface area contributed by atoms with Gasteiger partial charge in [0.15, 0.2) is 6.10 Å². The monoisotopic (exact) mass is 492 g/mol. The molecule has 180 valence electrons. The highest BCUT2D eigenvalue weighted by atomic mass is 32.2. The fraction of sp³-hybridized carbons (Fsp3) is 0.154. The lowest BCUT2D eigenvalue weighted by molar-refractivity contribution is -0.123. The quantitative estimate of drug-likeness (QED) is 0.352. The lowest BCUT2D eigenvalue weighted by Gasteiger charge is -2.16. The van der Waals surface area contributed by atoms with Crippen LogP contribution in [-0.2, 0) is 26.1 Å². The molecule has 0 aliphatic heterocycles. The third kappa shape index (κ3) is 5.59. The van der Waals surface area contributed by atoms with Crippen LogP contribution in [-0.4, -0.2) is 26.4 Å². The first-order valence-corrected chi connectivity index (χ1v) is 12.4. The van der Waals surface area contributed by atoms with Gasteiger partial charge in [-0.25, -0.2) is 17.9 Å². The number of carbonyl (C=O) groups is 2. The number of nitrogens with one attached hydrogen (secondary N) is 2. The normalized spacial score (nSPS) is 12.3. The molecule has 1 amide bonds. The van der Waals surface area contributed by atoms with E-state index in [4.69, 9.17) is 9.15 Å². The Morgan fingerprint density at radius 1 is 1.00 bits per heavy atom. The largest absolute Gasteiger partial charge is 0.468 e. The van der Waals surface area contributed by atoms with Gasteiger partial charge >= 0.3 is 5.97 Å². The second-order valence-corrected chi connectivity index (χ2v) is 9.71. The molecule has 2 N–H and O–H groups in total. The molecule has 1 atom stereocenters. The van der Waals surface area contributed by atoms with Crippen LogP contribution >= 0.6 is 0 Å². The Bertz CT molecular complexity index is 1470. The summed E-state index contributed by atoms with van der Waals surface area (Å²) < 4.78 is 38.3. The number of hydrogen-bond donors (Lipinski definition) is 2. The fourth-order valence-corrected chi connectivity index (χ4v) is 4.52. The van der Waals surface area contributed by atoms with Crippen LogP contribution in [0.5, 0.6) is 0 Å². The number of rotatable bonds is 8. The molecule has 1 heterocycles. The van der Waals surface area contributed by atoms with Gasteiger partial charge in [-0.3, -0.25) is 4.79 Å². The SMILES string of the molecule is Cc1ccc(S(=O)(=O)NCc2ccco2)cc1C(=O)OC(C)C(=O)Nc1cccc2ccccc12. The van der Waals surface area contributed by atoms with Crippen LogP contribution in [0.15, 0.2) is 88.4 Å². The minimum atomic E-state index is -3.91. The van der Waals surface area contributed by atoms with Crippen LogP contribution in [0.3, 0.4) is 0 Å². The van der Waals surface area contributed by atoms with E-state index in [-0.39, 0.29) is 17.0 Å². The maximum Gasteiger partial charge on any atom is 0.339 e. The fourth-order valence-electron chi connectivity index (χ4n) is 3.50. The van der Waals surface area contributed by atoms with Crippen LogP contribution in [0, 0.1) is 6.92 Å². The standard InChI is InChI=1S/C26H24N2O6S/c1-17-12-13-21(35(31,32)27-16-20-9-6-14-33-20)15-23(17)26(30)34-18(2)25(29)28-24-11-5-8-19-7-3-4-10-22(19)24/h3-15,18,27H,16H2,1-2H3,(H,28,29). The zero-order chi connectivity index (χ0) is 25.0. The lowest BCUT2D eigenvalue weighted by atomic mass is 10.1. The van der Waals surface area contributed by atoms with Gasteiger partial charge in [-0.2, -0.15) is 0 Å². The van der Waals surface area contributed by atoms with E-state index in [2.05, 4.69) is 10.0 Å². The number of furan rings is 1. The number of ether oxygens (including phenoxy) is 1. The molecule has 0 aliphatic carbocycles. The van der Waals surface area contributed by atoms with Crippen molar-refractivity contribution in [1.29, 1.82) is 0 Å². The summed E-state index contributed by atoms with van der Waals surface area (Å²) in [5.41, 5.74) is 1.17. The minimum Gasteiger partial charge on any atom is -0.468 e. The molecule has 0 radical (unpaired) electrons. The zero-order valence-electron chi connectivity index (χ0n) is 19.1. The van der Waals surface area contributed by atoms with Gasteiger partial charge in [0, 0.05) is 11.1 Å². The number of esters is 1. The molecule has 8 nitrogen and oxygen atoms in total. The van der Waals surface area contributed by atoms with E-state index in [9.17, 15) is 18.0 Å². The topological polar surface area (TPSA) is 115 Å². The first-order valence-electron chi connectivity index (χ1n) is 10.9. The summed E-state index contributed by atoms with van der Waals surface area (Å²) in [6.07, 6.45) is 0.333. The molecule has 9 heteroatoms. The van der Waals surface area contributed by atoms with Crippen molar-refractivity contribution in [2.24, 2.45) is 0 Å².